The molecule has 1 aliphatic heterocycles. The van der Waals surface area contributed by atoms with E-state index >= 15 is 0 Å². The average molecular weight is 423 g/mol. The normalized spacial score (nSPS) is 16.9. The lowest BCUT2D eigenvalue weighted by Crippen LogP contribution is -2.50. The molecule has 3 rings (SSSR count). The van der Waals surface area contributed by atoms with Gasteiger partial charge in [-0.2, -0.15) is 4.31 Å². The van der Waals surface area contributed by atoms with E-state index < -0.39 is 10.0 Å². The van der Waals surface area contributed by atoms with Crippen LogP contribution in [0, 0.1) is 0 Å². The van der Waals surface area contributed by atoms with E-state index in [4.69, 9.17) is 0 Å². The van der Waals surface area contributed by atoms with Crippen LogP contribution in [-0.4, -0.2) is 59.3 Å². The molecule has 1 amide bonds. The standard InChI is InChI=1S/C19H26N4O3S2/c1-4-14(3)15-6-8-16(9-7-15)28(25,26)23-12-10-22(11-13-23)19(24)18-17(5-2)20-21-27-18/h6-9,14H,4-5,10-13H2,1-3H3. The summed E-state index contributed by atoms with van der Waals surface area (Å²) >= 11 is 1.10. The van der Waals surface area contributed by atoms with E-state index in [2.05, 4.69) is 23.4 Å². The third kappa shape index (κ3) is 4.11. The Bertz CT molecular complexity index is 917. The molecule has 1 saturated heterocycles. The lowest BCUT2D eigenvalue weighted by atomic mass is 9.99. The maximum absolute atomic E-state index is 12.9. The zero-order chi connectivity index (χ0) is 20.3. The quantitative estimate of drug-likeness (QED) is 0.715. The highest BCUT2D eigenvalue weighted by Crippen LogP contribution is 2.23. The van der Waals surface area contributed by atoms with Crippen molar-refractivity contribution in [3.63, 3.8) is 0 Å². The van der Waals surface area contributed by atoms with Crippen LogP contribution >= 0.6 is 11.5 Å². The van der Waals surface area contributed by atoms with Crippen molar-refractivity contribution in [3.8, 4) is 0 Å². The van der Waals surface area contributed by atoms with Gasteiger partial charge in [0, 0.05) is 26.2 Å². The molecule has 1 aliphatic rings. The van der Waals surface area contributed by atoms with Crippen LogP contribution in [0.2, 0.25) is 0 Å². The number of benzene rings is 1. The Labute approximate surface area is 170 Å². The van der Waals surface area contributed by atoms with Gasteiger partial charge in [0.05, 0.1) is 10.6 Å². The van der Waals surface area contributed by atoms with Crippen molar-refractivity contribution in [2.75, 3.05) is 26.2 Å². The van der Waals surface area contributed by atoms with E-state index in [1.165, 1.54) is 4.31 Å². The molecule has 0 radical (unpaired) electrons. The lowest BCUT2D eigenvalue weighted by Gasteiger charge is -2.33. The van der Waals surface area contributed by atoms with Gasteiger partial charge < -0.3 is 4.90 Å². The summed E-state index contributed by atoms with van der Waals surface area (Å²) in [6.07, 6.45) is 1.66. The molecule has 1 atom stereocenters. The van der Waals surface area contributed by atoms with Gasteiger partial charge in [-0.1, -0.05) is 37.4 Å². The largest absolute Gasteiger partial charge is 0.335 e. The van der Waals surface area contributed by atoms with Gasteiger partial charge in [-0.3, -0.25) is 4.79 Å². The van der Waals surface area contributed by atoms with E-state index in [0.29, 0.717) is 40.9 Å². The van der Waals surface area contributed by atoms with Crippen molar-refractivity contribution >= 4 is 27.5 Å². The van der Waals surface area contributed by atoms with Gasteiger partial charge in [-0.25, -0.2) is 8.42 Å². The first-order valence-electron chi connectivity index (χ1n) is 9.59. The van der Waals surface area contributed by atoms with Gasteiger partial charge in [0.25, 0.3) is 5.91 Å². The molecule has 1 aromatic heterocycles. The molecule has 0 spiro atoms. The molecule has 152 valence electrons. The monoisotopic (exact) mass is 422 g/mol. The van der Waals surface area contributed by atoms with E-state index in [-0.39, 0.29) is 19.0 Å². The smallest absolute Gasteiger partial charge is 0.267 e. The SMILES string of the molecule is CCc1nnsc1C(=O)N1CCN(S(=O)(=O)c2ccc(C(C)CC)cc2)CC1. The van der Waals surface area contributed by atoms with Crippen molar-refractivity contribution in [2.45, 2.75) is 44.4 Å². The second-order valence-electron chi connectivity index (χ2n) is 6.98. The number of hydrogen-bond acceptors (Lipinski definition) is 6. The molecule has 2 aromatic rings. The lowest BCUT2D eigenvalue weighted by molar-refractivity contribution is 0.0701. The molecule has 1 unspecified atom stereocenters. The van der Waals surface area contributed by atoms with Crippen molar-refractivity contribution in [1.82, 2.24) is 18.8 Å². The number of aryl methyl sites for hydroxylation is 1. The Morgan fingerprint density at radius 2 is 1.79 bits per heavy atom. The molecule has 2 heterocycles. The van der Waals surface area contributed by atoms with Gasteiger partial charge in [0.2, 0.25) is 10.0 Å². The van der Waals surface area contributed by atoms with Crippen LogP contribution in [-0.2, 0) is 16.4 Å². The fourth-order valence-electron chi connectivity index (χ4n) is 3.23. The topological polar surface area (TPSA) is 83.5 Å². The van der Waals surface area contributed by atoms with Crippen LogP contribution in [0.4, 0.5) is 0 Å². The first kappa shape index (κ1) is 20.9. The molecule has 0 N–H and O–H groups in total. The summed E-state index contributed by atoms with van der Waals surface area (Å²) < 4.78 is 31.2. The minimum absolute atomic E-state index is 0.109. The first-order valence-corrected chi connectivity index (χ1v) is 11.8. The third-order valence-corrected chi connectivity index (χ3v) is 7.98. The zero-order valence-electron chi connectivity index (χ0n) is 16.5. The predicted octanol–water partition coefficient (Wildman–Crippen LogP) is 2.76. The van der Waals surface area contributed by atoms with Gasteiger partial charge in [0.1, 0.15) is 4.88 Å². The second-order valence-corrected chi connectivity index (χ2v) is 9.67. The summed E-state index contributed by atoms with van der Waals surface area (Å²) in [4.78, 5) is 15.2. The van der Waals surface area contributed by atoms with Crippen LogP contribution in [0.1, 0.15) is 54.0 Å². The third-order valence-electron chi connectivity index (χ3n) is 5.31. The number of sulfonamides is 1. The number of nitrogens with zero attached hydrogens (tertiary/aromatic N) is 4. The fourth-order valence-corrected chi connectivity index (χ4v) is 5.37. The number of amides is 1. The van der Waals surface area contributed by atoms with Crippen molar-refractivity contribution in [1.29, 1.82) is 0 Å². The fraction of sp³-hybridized carbons (Fsp3) is 0.526. The van der Waals surface area contributed by atoms with Crippen LogP contribution < -0.4 is 0 Å². The molecular formula is C19H26N4O3S2. The van der Waals surface area contributed by atoms with Crippen LogP contribution in [0.3, 0.4) is 0 Å². The highest BCUT2D eigenvalue weighted by molar-refractivity contribution is 7.89. The van der Waals surface area contributed by atoms with Gasteiger partial charge in [0.15, 0.2) is 0 Å². The number of rotatable bonds is 6. The average Bonchev–Trinajstić information content (AvgIpc) is 3.21. The highest BCUT2D eigenvalue weighted by Gasteiger charge is 2.31. The minimum atomic E-state index is -3.55. The van der Waals surface area contributed by atoms with E-state index in [1.807, 2.05) is 19.1 Å². The molecule has 0 aliphatic carbocycles. The second kappa shape index (κ2) is 8.67. The zero-order valence-corrected chi connectivity index (χ0v) is 18.1. The minimum Gasteiger partial charge on any atom is -0.335 e. The van der Waals surface area contributed by atoms with Crippen molar-refractivity contribution < 1.29 is 13.2 Å². The number of carbonyl (C=O) groups is 1. The number of hydrogen-bond donors (Lipinski definition) is 0. The molecule has 28 heavy (non-hydrogen) atoms. The van der Waals surface area contributed by atoms with Crippen LogP contribution in [0.5, 0.6) is 0 Å². The number of aromatic nitrogens is 2. The van der Waals surface area contributed by atoms with Crippen molar-refractivity contribution in [2.24, 2.45) is 0 Å². The Morgan fingerprint density at radius 3 is 2.36 bits per heavy atom. The Kier molecular flexibility index (Phi) is 6.47. The maximum atomic E-state index is 12.9. The first-order chi connectivity index (χ1) is 13.4. The van der Waals surface area contributed by atoms with E-state index in [1.54, 1.807) is 17.0 Å². The van der Waals surface area contributed by atoms with Crippen LogP contribution in [0.15, 0.2) is 29.2 Å². The Morgan fingerprint density at radius 1 is 1.14 bits per heavy atom. The Balaban J connectivity index is 1.67. The van der Waals surface area contributed by atoms with Gasteiger partial charge in [-0.15, -0.1) is 5.10 Å². The predicted molar refractivity (Wildman–Crippen MR) is 109 cm³/mol. The molecule has 0 bridgehead atoms. The molecular weight excluding hydrogens is 396 g/mol. The van der Waals surface area contributed by atoms with Gasteiger partial charge in [-0.05, 0) is 48.0 Å². The molecule has 0 saturated carbocycles. The van der Waals surface area contributed by atoms with E-state index in [0.717, 1.165) is 23.5 Å². The van der Waals surface area contributed by atoms with Gasteiger partial charge >= 0.3 is 0 Å². The molecule has 9 heteroatoms. The summed E-state index contributed by atoms with van der Waals surface area (Å²) in [6, 6.07) is 7.16. The molecule has 1 aromatic carbocycles. The maximum Gasteiger partial charge on any atom is 0.267 e. The number of piperazine rings is 1. The molecule has 7 nitrogen and oxygen atoms in total. The highest BCUT2D eigenvalue weighted by atomic mass is 32.2. The Hall–Kier alpha value is -1.84. The van der Waals surface area contributed by atoms with Crippen LogP contribution in [0.25, 0.3) is 0 Å². The molecule has 1 fully saturated rings. The number of carbonyl (C=O) groups excluding carboxylic acids is 1. The summed E-state index contributed by atoms with van der Waals surface area (Å²) in [7, 11) is -3.55. The van der Waals surface area contributed by atoms with Crippen molar-refractivity contribution in [3.05, 3.63) is 40.4 Å². The summed E-state index contributed by atoms with van der Waals surface area (Å²) in [5.74, 6) is 0.294. The summed E-state index contributed by atoms with van der Waals surface area (Å²) in [5.41, 5.74) is 1.84. The summed E-state index contributed by atoms with van der Waals surface area (Å²) in [5, 5.41) is 3.98. The summed E-state index contributed by atoms with van der Waals surface area (Å²) in [6.45, 7) is 7.48. The van der Waals surface area contributed by atoms with E-state index in [9.17, 15) is 13.2 Å².